The molecule has 0 fully saturated rings. The first-order valence-corrected chi connectivity index (χ1v) is 9.70. The maximum Gasteiger partial charge on any atom is 0.413 e. The lowest BCUT2D eigenvalue weighted by molar-refractivity contribution is -0.146. The zero-order chi connectivity index (χ0) is 22.8. The van der Waals surface area contributed by atoms with Gasteiger partial charge in [0.25, 0.3) is 0 Å². The molecular formula is C21H16BrF3N2O4. The summed E-state index contributed by atoms with van der Waals surface area (Å²) in [4.78, 5) is 21.5. The molecule has 4 rings (SSSR count). The van der Waals surface area contributed by atoms with E-state index < -0.39 is 29.7 Å². The van der Waals surface area contributed by atoms with Crippen molar-refractivity contribution in [1.82, 2.24) is 0 Å². The van der Waals surface area contributed by atoms with Gasteiger partial charge in [-0.15, -0.1) is 0 Å². The second kappa shape index (κ2) is 8.84. The van der Waals surface area contributed by atoms with Crippen LogP contribution in [0.5, 0.6) is 0 Å². The summed E-state index contributed by atoms with van der Waals surface area (Å²) in [6.45, 7) is 0.395. The molecular weight excluding hydrogens is 481 g/mol. The van der Waals surface area contributed by atoms with Crippen molar-refractivity contribution in [1.29, 1.82) is 0 Å². The van der Waals surface area contributed by atoms with Crippen LogP contribution in [0.15, 0.2) is 58.1 Å². The van der Waals surface area contributed by atoms with Gasteiger partial charge in [-0.3, -0.25) is 0 Å². The third-order valence-corrected chi connectivity index (χ3v) is 5.04. The number of carboxylic acid groups (broad SMARTS) is 2. The predicted molar refractivity (Wildman–Crippen MR) is 114 cm³/mol. The van der Waals surface area contributed by atoms with E-state index in [0.29, 0.717) is 22.2 Å². The average Bonchev–Trinajstić information content (AvgIpc) is 2.72. The Morgan fingerprint density at radius 1 is 0.968 bits per heavy atom. The van der Waals surface area contributed by atoms with Crippen molar-refractivity contribution in [3.05, 3.63) is 69.2 Å². The Morgan fingerprint density at radius 3 is 2.32 bits per heavy atom. The minimum Gasteiger partial charge on any atom is -0.478 e. The fourth-order valence-corrected chi connectivity index (χ4v) is 3.44. The highest BCUT2D eigenvalue weighted by Crippen LogP contribution is 2.36. The Balaban J connectivity index is 0.000000185. The van der Waals surface area contributed by atoms with Crippen molar-refractivity contribution in [3.8, 4) is 0 Å². The van der Waals surface area contributed by atoms with Gasteiger partial charge in [-0.2, -0.15) is 13.2 Å². The summed E-state index contributed by atoms with van der Waals surface area (Å²) in [5.41, 5.74) is 2.28. The molecule has 1 atom stereocenters. The van der Waals surface area contributed by atoms with Gasteiger partial charge in [-0.1, -0.05) is 34.1 Å². The van der Waals surface area contributed by atoms with E-state index in [1.807, 2.05) is 24.3 Å². The largest absolute Gasteiger partial charge is 0.478 e. The van der Waals surface area contributed by atoms with Crippen molar-refractivity contribution in [2.24, 2.45) is 0 Å². The highest BCUT2D eigenvalue weighted by Gasteiger charge is 2.46. The highest BCUT2D eigenvalue weighted by atomic mass is 79.9. The molecule has 0 bridgehead atoms. The Hall–Kier alpha value is -3.27. The van der Waals surface area contributed by atoms with Gasteiger partial charge in [-0.25, -0.2) is 9.59 Å². The predicted octanol–water partition coefficient (Wildman–Crippen LogP) is 4.85. The standard InChI is InChI=1S/C11H7BrF3NO2.C10H9NO2/c12-6-1-2-8-5(3-6)4-7(10(17)18)9(16-8)11(13,14)15;12-10(13)8-5-7-3-1-2-4-9(7)11-6-8/h1-4,9,16H,(H,17,18);1-5,11H,6H2,(H,12,13). The lowest BCUT2D eigenvalue weighted by atomic mass is 9.97. The quantitative estimate of drug-likeness (QED) is 0.474. The zero-order valence-electron chi connectivity index (χ0n) is 15.7. The molecule has 1 unspecified atom stereocenters. The molecule has 0 saturated heterocycles. The van der Waals surface area contributed by atoms with Crippen molar-refractivity contribution < 1.29 is 33.0 Å². The topological polar surface area (TPSA) is 98.7 Å². The second-order valence-electron chi connectivity index (χ2n) is 6.67. The number of benzene rings is 2. The Labute approximate surface area is 183 Å². The van der Waals surface area contributed by atoms with Crippen molar-refractivity contribution in [3.63, 3.8) is 0 Å². The SMILES string of the molecule is O=C(O)C1=Cc2cc(Br)ccc2NC1C(F)(F)F.O=C(O)C1=Cc2ccccc2NC1. The maximum absolute atomic E-state index is 12.7. The van der Waals surface area contributed by atoms with Crippen LogP contribution in [0.25, 0.3) is 12.2 Å². The van der Waals surface area contributed by atoms with E-state index in [9.17, 15) is 22.8 Å². The Kier molecular flexibility index (Phi) is 6.40. The fraction of sp³-hybridized carbons (Fsp3) is 0.143. The fourth-order valence-electron chi connectivity index (χ4n) is 3.06. The van der Waals surface area contributed by atoms with Gasteiger partial charge in [0, 0.05) is 22.4 Å². The lowest BCUT2D eigenvalue weighted by Crippen LogP contribution is -2.41. The summed E-state index contributed by atoms with van der Waals surface area (Å²) >= 11 is 3.18. The van der Waals surface area contributed by atoms with Gasteiger partial charge in [0.15, 0.2) is 6.04 Å². The summed E-state index contributed by atoms with van der Waals surface area (Å²) in [6, 6.07) is 10.1. The van der Waals surface area contributed by atoms with Crippen LogP contribution in [0.3, 0.4) is 0 Å². The minimum absolute atomic E-state index is 0.255. The number of alkyl halides is 3. The van der Waals surface area contributed by atoms with E-state index in [1.54, 1.807) is 18.2 Å². The van der Waals surface area contributed by atoms with Gasteiger partial charge < -0.3 is 20.8 Å². The van der Waals surface area contributed by atoms with Crippen LogP contribution in [0.2, 0.25) is 0 Å². The summed E-state index contributed by atoms with van der Waals surface area (Å²) in [5.74, 6) is -2.45. The van der Waals surface area contributed by atoms with Gasteiger partial charge >= 0.3 is 18.1 Å². The van der Waals surface area contributed by atoms with E-state index in [2.05, 4.69) is 26.6 Å². The maximum atomic E-state index is 12.7. The molecule has 0 aliphatic carbocycles. The zero-order valence-corrected chi connectivity index (χ0v) is 17.3. The molecule has 4 N–H and O–H groups in total. The molecule has 162 valence electrons. The Bertz CT molecular complexity index is 1100. The molecule has 2 aliphatic heterocycles. The van der Waals surface area contributed by atoms with E-state index in [1.165, 1.54) is 6.07 Å². The second-order valence-corrected chi connectivity index (χ2v) is 7.59. The summed E-state index contributed by atoms with van der Waals surface area (Å²) < 4.78 is 38.9. The van der Waals surface area contributed by atoms with Crippen LogP contribution in [0.4, 0.5) is 24.5 Å². The van der Waals surface area contributed by atoms with E-state index >= 15 is 0 Å². The van der Waals surface area contributed by atoms with Gasteiger partial charge in [-0.05, 0) is 47.5 Å². The number of aliphatic carboxylic acids is 2. The number of fused-ring (bicyclic) bond motifs is 2. The van der Waals surface area contributed by atoms with Crippen LogP contribution >= 0.6 is 15.9 Å². The number of carboxylic acids is 2. The van der Waals surface area contributed by atoms with Gasteiger partial charge in [0.05, 0.1) is 11.1 Å². The molecule has 0 amide bonds. The lowest BCUT2D eigenvalue weighted by Gasteiger charge is -2.28. The van der Waals surface area contributed by atoms with Crippen LogP contribution < -0.4 is 10.6 Å². The first-order chi connectivity index (χ1) is 14.6. The van der Waals surface area contributed by atoms with Crippen molar-refractivity contribution in [2.75, 3.05) is 17.2 Å². The van der Waals surface area contributed by atoms with E-state index in [0.717, 1.165) is 17.3 Å². The molecule has 0 aromatic heterocycles. The number of halogens is 4. The number of rotatable bonds is 2. The van der Waals surface area contributed by atoms with E-state index in [4.69, 9.17) is 10.2 Å². The van der Waals surface area contributed by atoms with Gasteiger partial charge in [0.2, 0.25) is 0 Å². The molecule has 2 heterocycles. The van der Waals surface area contributed by atoms with Crippen molar-refractivity contribution in [2.45, 2.75) is 12.2 Å². The number of nitrogens with one attached hydrogen (secondary N) is 2. The molecule has 2 aromatic carbocycles. The smallest absolute Gasteiger partial charge is 0.413 e. The molecule has 10 heteroatoms. The molecule has 31 heavy (non-hydrogen) atoms. The summed E-state index contributed by atoms with van der Waals surface area (Å²) in [7, 11) is 0. The molecule has 0 spiro atoms. The molecule has 2 aliphatic rings. The number of hydrogen-bond acceptors (Lipinski definition) is 4. The number of anilines is 2. The summed E-state index contributed by atoms with van der Waals surface area (Å²) in [6.07, 6.45) is -1.92. The molecule has 0 saturated carbocycles. The normalized spacial score (nSPS) is 16.7. The van der Waals surface area contributed by atoms with Crippen molar-refractivity contribution >= 4 is 51.4 Å². The third-order valence-electron chi connectivity index (χ3n) is 4.54. The van der Waals surface area contributed by atoms with Crippen LogP contribution in [-0.2, 0) is 9.59 Å². The first kappa shape index (κ1) is 22.4. The van der Waals surface area contributed by atoms with Crippen LogP contribution in [0.1, 0.15) is 11.1 Å². The van der Waals surface area contributed by atoms with E-state index in [-0.39, 0.29) is 5.69 Å². The number of para-hydroxylation sites is 1. The first-order valence-electron chi connectivity index (χ1n) is 8.90. The summed E-state index contributed by atoms with van der Waals surface area (Å²) in [5, 5.41) is 22.8. The molecule has 6 nitrogen and oxygen atoms in total. The monoisotopic (exact) mass is 496 g/mol. The highest BCUT2D eigenvalue weighted by molar-refractivity contribution is 9.10. The molecule has 2 aromatic rings. The third kappa shape index (κ3) is 5.26. The minimum atomic E-state index is -4.66. The van der Waals surface area contributed by atoms with Gasteiger partial charge in [0.1, 0.15) is 0 Å². The number of hydrogen-bond donors (Lipinski definition) is 4. The van der Waals surface area contributed by atoms with Crippen LogP contribution in [0, 0.1) is 0 Å². The average molecular weight is 497 g/mol. The molecule has 0 radical (unpaired) electrons. The number of carbonyl (C=O) groups is 2. The van der Waals surface area contributed by atoms with Crippen LogP contribution in [-0.4, -0.2) is 40.9 Å². The Morgan fingerprint density at radius 2 is 1.68 bits per heavy atom.